The van der Waals surface area contributed by atoms with Crippen LogP contribution >= 0.6 is 0 Å². The van der Waals surface area contributed by atoms with E-state index in [2.05, 4.69) is 0 Å². The molecular formula is C18H21FN2O. The van der Waals surface area contributed by atoms with E-state index >= 15 is 0 Å². The summed E-state index contributed by atoms with van der Waals surface area (Å²) in [6.07, 6.45) is 0. The number of benzene rings is 2. The van der Waals surface area contributed by atoms with Gasteiger partial charge in [0.2, 0.25) is 0 Å². The monoisotopic (exact) mass is 300 g/mol. The largest absolute Gasteiger partial charge is 0.377 e. The molecule has 0 heterocycles. The minimum absolute atomic E-state index is 0.116. The van der Waals surface area contributed by atoms with Crippen molar-refractivity contribution in [3.8, 4) is 0 Å². The highest BCUT2D eigenvalue weighted by Crippen LogP contribution is 2.21. The Morgan fingerprint density at radius 2 is 1.73 bits per heavy atom. The van der Waals surface area contributed by atoms with Crippen LogP contribution in [0.25, 0.3) is 0 Å². The van der Waals surface area contributed by atoms with Gasteiger partial charge in [0.15, 0.2) is 0 Å². The van der Waals surface area contributed by atoms with Crippen LogP contribution in [0.5, 0.6) is 0 Å². The SMILES string of the molecule is Cc1cccc(C(=O)N(C)Cc2ccccc2N(C)C)c1F. The van der Waals surface area contributed by atoms with Gasteiger partial charge in [0, 0.05) is 33.4 Å². The summed E-state index contributed by atoms with van der Waals surface area (Å²) in [5.41, 5.74) is 2.67. The van der Waals surface area contributed by atoms with Gasteiger partial charge in [0.1, 0.15) is 5.82 Å². The van der Waals surface area contributed by atoms with Crippen LogP contribution in [0, 0.1) is 12.7 Å². The summed E-state index contributed by atoms with van der Waals surface area (Å²) in [6, 6.07) is 12.8. The molecule has 0 aliphatic rings. The second-order valence-corrected chi connectivity index (χ2v) is 5.62. The molecule has 22 heavy (non-hydrogen) atoms. The Bertz CT molecular complexity index is 683. The average molecular weight is 300 g/mol. The number of halogens is 1. The van der Waals surface area contributed by atoms with Crippen molar-refractivity contribution in [3.05, 3.63) is 65.0 Å². The fraction of sp³-hybridized carbons (Fsp3) is 0.278. The zero-order valence-electron chi connectivity index (χ0n) is 13.4. The average Bonchev–Trinajstić information content (AvgIpc) is 2.49. The first-order valence-corrected chi connectivity index (χ1v) is 7.17. The van der Waals surface area contributed by atoms with Crippen LogP contribution < -0.4 is 4.90 Å². The van der Waals surface area contributed by atoms with Crippen LogP contribution in [0.3, 0.4) is 0 Å². The highest BCUT2D eigenvalue weighted by Gasteiger charge is 2.18. The molecule has 0 atom stereocenters. The lowest BCUT2D eigenvalue weighted by atomic mass is 10.1. The molecule has 0 aliphatic heterocycles. The molecule has 0 saturated carbocycles. The Hall–Kier alpha value is -2.36. The Morgan fingerprint density at radius 1 is 1.05 bits per heavy atom. The van der Waals surface area contributed by atoms with Crippen molar-refractivity contribution < 1.29 is 9.18 Å². The van der Waals surface area contributed by atoms with Gasteiger partial charge in [-0.25, -0.2) is 4.39 Å². The van der Waals surface area contributed by atoms with E-state index in [9.17, 15) is 9.18 Å². The maximum Gasteiger partial charge on any atom is 0.256 e. The summed E-state index contributed by atoms with van der Waals surface area (Å²) < 4.78 is 14.1. The molecule has 0 bridgehead atoms. The summed E-state index contributed by atoms with van der Waals surface area (Å²) in [4.78, 5) is 16.0. The van der Waals surface area contributed by atoms with Crippen LogP contribution in [0.15, 0.2) is 42.5 Å². The number of carbonyl (C=O) groups excluding carboxylic acids is 1. The maximum atomic E-state index is 14.1. The van der Waals surface area contributed by atoms with Gasteiger partial charge >= 0.3 is 0 Å². The molecule has 116 valence electrons. The lowest BCUT2D eigenvalue weighted by molar-refractivity contribution is 0.0780. The second-order valence-electron chi connectivity index (χ2n) is 5.62. The molecule has 2 aromatic rings. The number of anilines is 1. The van der Waals surface area contributed by atoms with Gasteiger partial charge in [0.05, 0.1) is 5.56 Å². The van der Waals surface area contributed by atoms with Crippen molar-refractivity contribution in [2.75, 3.05) is 26.0 Å². The van der Waals surface area contributed by atoms with Gasteiger partial charge in [-0.3, -0.25) is 4.79 Å². The molecule has 0 aromatic heterocycles. The van der Waals surface area contributed by atoms with Gasteiger partial charge < -0.3 is 9.80 Å². The van der Waals surface area contributed by atoms with Gasteiger partial charge in [-0.05, 0) is 30.2 Å². The fourth-order valence-electron chi connectivity index (χ4n) is 2.43. The topological polar surface area (TPSA) is 23.6 Å². The first-order valence-electron chi connectivity index (χ1n) is 7.17. The lowest BCUT2D eigenvalue weighted by Crippen LogP contribution is -2.28. The van der Waals surface area contributed by atoms with Crippen LogP contribution in [0.1, 0.15) is 21.5 Å². The summed E-state index contributed by atoms with van der Waals surface area (Å²) >= 11 is 0. The highest BCUT2D eigenvalue weighted by molar-refractivity contribution is 5.94. The van der Waals surface area contributed by atoms with E-state index in [0.29, 0.717) is 12.1 Å². The Morgan fingerprint density at radius 3 is 2.41 bits per heavy atom. The molecule has 1 amide bonds. The van der Waals surface area contributed by atoms with Crippen LogP contribution in [0.2, 0.25) is 0 Å². The molecule has 0 spiro atoms. The van der Waals surface area contributed by atoms with E-state index in [1.165, 1.54) is 6.07 Å². The Kier molecular flexibility index (Phi) is 4.81. The number of carbonyl (C=O) groups is 1. The van der Waals surface area contributed by atoms with Gasteiger partial charge in [0.25, 0.3) is 5.91 Å². The molecular weight excluding hydrogens is 279 g/mol. The van der Waals surface area contributed by atoms with Crippen molar-refractivity contribution >= 4 is 11.6 Å². The van der Waals surface area contributed by atoms with Crippen LogP contribution in [-0.2, 0) is 6.54 Å². The van der Waals surface area contributed by atoms with E-state index in [0.717, 1.165) is 11.3 Å². The van der Waals surface area contributed by atoms with Crippen molar-refractivity contribution in [3.63, 3.8) is 0 Å². The number of nitrogens with zero attached hydrogens (tertiary/aromatic N) is 2. The molecule has 3 nitrogen and oxygen atoms in total. The first-order chi connectivity index (χ1) is 10.4. The smallest absolute Gasteiger partial charge is 0.256 e. The fourth-order valence-corrected chi connectivity index (χ4v) is 2.43. The minimum atomic E-state index is -0.444. The van der Waals surface area contributed by atoms with Gasteiger partial charge in [-0.2, -0.15) is 0 Å². The van der Waals surface area contributed by atoms with Crippen molar-refractivity contribution in [1.82, 2.24) is 4.90 Å². The second kappa shape index (κ2) is 6.60. The zero-order valence-corrected chi connectivity index (χ0v) is 13.4. The normalized spacial score (nSPS) is 10.4. The standard InChI is InChI=1S/C18H21FN2O/c1-13-8-7-10-15(17(13)19)18(22)21(4)12-14-9-5-6-11-16(14)20(2)3/h5-11H,12H2,1-4H3. The third kappa shape index (κ3) is 3.27. The van der Waals surface area contributed by atoms with Crippen LogP contribution in [-0.4, -0.2) is 32.0 Å². The Labute approximate surface area is 131 Å². The molecule has 0 radical (unpaired) electrons. The number of hydrogen-bond donors (Lipinski definition) is 0. The van der Waals surface area contributed by atoms with Gasteiger partial charge in [-0.15, -0.1) is 0 Å². The third-order valence-electron chi connectivity index (χ3n) is 3.65. The predicted molar refractivity (Wildman–Crippen MR) is 87.7 cm³/mol. The third-order valence-corrected chi connectivity index (χ3v) is 3.65. The van der Waals surface area contributed by atoms with E-state index in [1.807, 2.05) is 43.3 Å². The molecule has 0 aliphatic carbocycles. The number of rotatable bonds is 4. The highest BCUT2D eigenvalue weighted by atomic mass is 19.1. The van der Waals surface area contributed by atoms with Crippen molar-refractivity contribution in [2.45, 2.75) is 13.5 Å². The van der Waals surface area contributed by atoms with Crippen LogP contribution in [0.4, 0.5) is 10.1 Å². The number of aryl methyl sites for hydroxylation is 1. The minimum Gasteiger partial charge on any atom is -0.377 e. The number of hydrogen-bond acceptors (Lipinski definition) is 2. The van der Waals surface area contributed by atoms with Gasteiger partial charge in [-0.1, -0.05) is 30.3 Å². The van der Waals surface area contributed by atoms with E-state index in [-0.39, 0.29) is 11.5 Å². The summed E-state index contributed by atoms with van der Waals surface area (Å²) in [6.45, 7) is 2.09. The molecule has 4 heteroatoms. The number of para-hydroxylation sites is 1. The van der Waals surface area contributed by atoms with E-state index in [1.54, 1.807) is 31.0 Å². The summed E-state index contributed by atoms with van der Waals surface area (Å²) in [5.74, 6) is -0.755. The molecule has 0 fully saturated rings. The zero-order chi connectivity index (χ0) is 16.3. The van der Waals surface area contributed by atoms with E-state index < -0.39 is 5.82 Å². The quantitative estimate of drug-likeness (QED) is 0.863. The molecule has 2 aromatic carbocycles. The van der Waals surface area contributed by atoms with Crippen molar-refractivity contribution in [2.24, 2.45) is 0 Å². The first kappa shape index (κ1) is 16.0. The molecule has 0 unspecified atom stereocenters. The summed E-state index contributed by atoms with van der Waals surface area (Å²) in [5, 5.41) is 0. The lowest BCUT2D eigenvalue weighted by Gasteiger charge is -2.22. The maximum absolute atomic E-state index is 14.1. The molecule has 0 N–H and O–H groups in total. The molecule has 0 saturated heterocycles. The predicted octanol–water partition coefficient (Wildman–Crippen LogP) is 3.47. The number of amides is 1. The van der Waals surface area contributed by atoms with E-state index in [4.69, 9.17) is 0 Å². The Balaban J connectivity index is 2.24. The molecule has 2 rings (SSSR count). The summed E-state index contributed by atoms with van der Waals surface area (Å²) in [7, 11) is 5.61. The van der Waals surface area contributed by atoms with Crippen molar-refractivity contribution in [1.29, 1.82) is 0 Å².